The van der Waals surface area contributed by atoms with Crippen molar-refractivity contribution >= 4 is 17.1 Å². The molecule has 0 unspecified atom stereocenters. The van der Waals surface area contributed by atoms with Crippen LogP contribution in [0.5, 0.6) is 5.75 Å². The number of benzene rings is 1. The lowest BCUT2D eigenvalue weighted by atomic mass is 9.99. The summed E-state index contributed by atoms with van der Waals surface area (Å²) in [5.41, 5.74) is 3.09. The van der Waals surface area contributed by atoms with E-state index in [1.54, 1.807) is 12.5 Å². The fourth-order valence-electron chi connectivity index (χ4n) is 1.98. The van der Waals surface area contributed by atoms with Gasteiger partial charge in [-0.25, -0.2) is 4.98 Å². The summed E-state index contributed by atoms with van der Waals surface area (Å²) in [4.78, 5) is 16.7. The molecule has 0 bridgehead atoms. The maximum Gasteiger partial charge on any atom is 0.216 e. The maximum absolute atomic E-state index is 12.4. The molecule has 0 spiro atoms. The van der Waals surface area contributed by atoms with Gasteiger partial charge < -0.3 is 4.74 Å². The van der Waals surface area contributed by atoms with Gasteiger partial charge in [-0.15, -0.1) is 11.3 Å². The molecule has 0 saturated heterocycles. The Morgan fingerprint density at radius 2 is 2.00 bits per heavy atom. The van der Waals surface area contributed by atoms with Crippen molar-refractivity contribution in [2.24, 2.45) is 0 Å². The van der Waals surface area contributed by atoms with E-state index in [1.165, 1.54) is 11.3 Å². The Balaban J connectivity index is 2.54. The number of hydrogen-bond acceptors (Lipinski definition) is 4. The van der Waals surface area contributed by atoms with Crippen molar-refractivity contribution in [2.45, 2.75) is 20.8 Å². The van der Waals surface area contributed by atoms with Gasteiger partial charge in [0.15, 0.2) is 0 Å². The van der Waals surface area contributed by atoms with Crippen LogP contribution in [-0.4, -0.2) is 17.9 Å². The molecule has 3 nitrogen and oxygen atoms in total. The SMILES string of the molecule is COc1cc(C)cc(C)c1C(=O)c1csc(C)n1. The Hall–Kier alpha value is -1.68. The van der Waals surface area contributed by atoms with Crippen molar-refractivity contribution in [2.75, 3.05) is 7.11 Å². The molecule has 2 rings (SSSR count). The molecule has 1 aromatic heterocycles. The third kappa shape index (κ3) is 2.29. The fraction of sp³-hybridized carbons (Fsp3) is 0.286. The summed E-state index contributed by atoms with van der Waals surface area (Å²) in [5, 5.41) is 2.68. The van der Waals surface area contributed by atoms with Crippen LogP contribution in [0.15, 0.2) is 17.5 Å². The maximum atomic E-state index is 12.4. The van der Waals surface area contributed by atoms with Crippen molar-refractivity contribution in [3.8, 4) is 5.75 Å². The van der Waals surface area contributed by atoms with Crippen LogP contribution in [0.2, 0.25) is 0 Å². The summed E-state index contributed by atoms with van der Waals surface area (Å²) in [6.45, 7) is 5.79. The predicted octanol–water partition coefficient (Wildman–Crippen LogP) is 3.31. The number of thiazole rings is 1. The average Bonchev–Trinajstić information content (AvgIpc) is 2.74. The number of hydrogen-bond donors (Lipinski definition) is 0. The molecule has 0 aliphatic rings. The van der Waals surface area contributed by atoms with Gasteiger partial charge in [0.2, 0.25) is 5.78 Å². The van der Waals surface area contributed by atoms with Crippen molar-refractivity contribution in [3.63, 3.8) is 0 Å². The highest BCUT2D eigenvalue weighted by Crippen LogP contribution is 2.27. The lowest BCUT2D eigenvalue weighted by Crippen LogP contribution is -2.07. The van der Waals surface area contributed by atoms with Gasteiger partial charge >= 0.3 is 0 Å². The third-order valence-electron chi connectivity index (χ3n) is 2.74. The molecule has 0 N–H and O–H groups in total. The number of carbonyl (C=O) groups excluding carboxylic acids is 1. The van der Waals surface area contributed by atoms with Crippen LogP contribution < -0.4 is 4.74 Å². The molecule has 94 valence electrons. The van der Waals surface area contributed by atoms with Crippen LogP contribution in [0, 0.1) is 20.8 Å². The van der Waals surface area contributed by atoms with E-state index < -0.39 is 0 Å². The van der Waals surface area contributed by atoms with E-state index in [0.29, 0.717) is 17.0 Å². The molecule has 2 aromatic rings. The number of ketones is 1. The van der Waals surface area contributed by atoms with Gasteiger partial charge in [-0.3, -0.25) is 4.79 Å². The van der Waals surface area contributed by atoms with E-state index in [9.17, 15) is 4.79 Å². The van der Waals surface area contributed by atoms with E-state index >= 15 is 0 Å². The molecule has 0 aliphatic carbocycles. The van der Waals surface area contributed by atoms with Crippen LogP contribution in [0.1, 0.15) is 32.2 Å². The normalized spacial score (nSPS) is 10.4. The number of aryl methyl sites for hydroxylation is 3. The highest BCUT2D eigenvalue weighted by atomic mass is 32.1. The van der Waals surface area contributed by atoms with Gasteiger partial charge in [-0.05, 0) is 38.0 Å². The Morgan fingerprint density at radius 1 is 1.28 bits per heavy atom. The Morgan fingerprint density at radius 3 is 2.56 bits per heavy atom. The summed E-state index contributed by atoms with van der Waals surface area (Å²) in [5.74, 6) is 0.539. The van der Waals surface area contributed by atoms with Gasteiger partial charge in [0.25, 0.3) is 0 Å². The van der Waals surface area contributed by atoms with Gasteiger partial charge in [-0.1, -0.05) is 6.07 Å². The highest BCUT2D eigenvalue weighted by Gasteiger charge is 2.19. The minimum atomic E-state index is -0.0753. The fourth-order valence-corrected chi connectivity index (χ4v) is 2.57. The zero-order chi connectivity index (χ0) is 13.3. The van der Waals surface area contributed by atoms with E-state index in [-0.39, 0.29) is 5.78 Å². The second kappa shape index (κ2) is 4.90. The minimum absolute atomic E-state index is 0.0753. The van der Waals surface area contributed by atoms with E-state index in [4.69, 9.17) is 4.74 Å². The van der Waals surface area contributed by atoms with Crippen molar-refractivity contribution < 1.29 is 9.53 Å². The monoisotopic (exact) mass is 261 g/mol. The minimum Gasteiger partial charge on any atom is -0.496 e. The first-order valence-corrected chi connectivity index (χ1v) is 6.53. The Labute approximate surface area is 110 Å². The zero-order valence-corrected chi connectivity index (χ0v) is 11.7. The van der Waals surface area contributed by atoms with Gasteiger partial charge in [0, 0.05) is 5.38 Å². The first-order chi connectivity index (χ1) is 8.52. The first-order valence-electron chi connectivity index (χ1n) is 5.65. The second-order valence-corrected chi connectivity index (χ2v) is 5.30. The number of aromatic nitrogens is 1. The molecule has 1 heterocycles. The Bertz CT molecular complexity index is 602. The van der Waals surface area contributed by atoms with E-state index in [2.05, 4.69) is 4.98 Å². The molecule has 0 fully saturated rings. The topological polar surface area (TPSA) is 39.2 Å². The van der Waals surface area contributed by atoms with Crippen molar-refractivity contribution in [3.05, 3.63) is 44.9 Å². The first kappa shape index (κ1) is 12.8. The molecular formula is C14H15NO2S. The third-order valence-corrected chi connectivity index (χ3v) is 3.52. The zero-order valence-electron chi connectivity index (χ0n) is 10.9. The van der Waals surface area contributed by atoms with Gasteiger partial charge in [-0.2, -0.15) is 0 Å². The number of rotatable bonds is 3. The molecule has 0 radical (unpaired) electrons. The molecular weight excluding hydrogens is 246 g/mol. The lowest BCUT2D eigenvalue weighted by Gasteiger charge is -2.11. The van der Waals surface area contributed by atoms with Crippen LogP contribution in [0.4, 0.5) is 0 Å². The lowest BCUT2D eigenvalue weighted by molar-refractivity contribution is 0.103. The number of carbonyl (C=O) groups is 1. The molecule has 18 heavy (non-hydrogen) atoms. The number of ether oxygens (including phenoxy) is 1. The number of methoxy groups -OCH3 is 1. The molecule has 0 amide bonds. The standard InChI is InChI=1S/C14H15NO2S/c1-8-5-9(2)13(12(6-8)17-4)14(16)11-7-18-10(3)15-11/h5-7H,1-4H3. The highest BCUT2D eigenvalue weighted by molar-refractivity contribution is 7.09. The summed E-state index contributed by atoms with van der Waals surface area (Å²) in [6.07, 6.45) is 0. The predicted molar refractivity (Wildman–Crippen MR) is 72.8 cm³/mol. The number of nitrogens with zero attached hydrogens (tertiary/aromatic N) is 1. The molecule has 0 saturated carbocycles. The largest absolute Gasteiger partial charge is 0.496 e. The van der Waals surface area contributed by atoms with Crippen LogP contribution in [-0.2, 0) is 0 Å². The summed E-state index contributed by atoms with van der Waals surface area (Å²) in [6, 6.07) is 3.86. The van der Waals surface area contributed by atoms with Crippen molar-refractivity contribution in [1.29, 1.82) is 0 Å². The van der Waals surface area contributed by atoms with Crippen LogP contribution in [0.25, 0.3) is 0 Å². The summed E-state index contributed by atoms with van der Waals surface area (Å²) < 4.78 is 5.31. The second-order valence-electron chi connectivity index (χ2n) is 4.24. The van der Waals surface area contributed by atoms with Crippen LogP contribution >= 0.6 is 11.3 Å². The molecule has 0 aliphatic heterocycles. The average molecular weight is 261 g/mol. The molecule has 1 aromatic carbocycles. The summed E-state index contributed by atoms with van der Waals surface area (Å²) >= 11 is 1.48. The van der Waals surface area contributed by atoms with E-state index in [1.807, 2.05) is 32.9 Å². The smallest absolute Gasteiger partial charge is 0.216 e. The van der Waals surface area contributed by atoms with Gasteiger partial charge in [0.1, 0.15) is 11.4 Å². The van der Waals surface area contributed by atoms with Crippen molar-refractivity contribution in [1.82, 2.24) is 4.98 Å². The quantitative estimate of drug-likeness (QED) is 0.796. The van der Waals surface area contributed by atoms with Gasteiger partial charge in [0.05, 0.1) is 17.7 Å². The van der Waals surface area contributed by atoms with E-state index in [0.717, 1.165) is 16.1 Å². The summed E-state index contributed by atoms with van der Waals surface area (Å²) in [7, 11) is 1.58. The Kier molecular flexibility index (Phi) is 3.48. The molecule has 4 heteroatoms. The van der Waals surface area contributed by atoms with Crippen LogP contribution in [0.3, 0.4) is 0 Å². The molecule has 0 atom stereocenters.